The van der Waals surface area contributed by atoms with Gasteiger partial charge in [-0.3, -0.25) is 9.59 Å². The zero-order chi connectivity index (χ0) is 18.3. The fourth-order valence-corrected chi connectivity index (χ4v) is 3.31. The van der Waals surface area contributed by atoms with Crippen molar-refractivity contribution in [2.24, 2.45) is 0 Å². The van der Waals surface area contributed by atoms with Gasteiger partial charge in [0.25, 0.3) is 0 Å². The van der Waals surface area contributed by atoms with Crippen LogP contribution in [0.4, 0.5) is 10.1 Å². The van der Waals surface area contributed by atoms with E-state index in [1.54, 1.807) is 18.0 Å². The Morgan fingerprint density at radius 1 is 1.23 bits per heavy atom. The van der Waals surface area contributed by atoms with Gasteiger partial charge in [-0.1, -0.05) is 12.1 Å². The number of rotatable bonds is 3. The molecule has 4 rings (SSSR count). The highest BCUT2D eigenvalue weighted by Crippen LogP contribution is 2.35. The first kappa shape index (κ1) is 16.4. The summed E-state index contributed by atoms with van der Waals surface area (Å²) in [5, 5.41) is 2.62. The summed E-state index contributed by atoms with van der Waals surface area (Å²) in [5.74, 6) is -0.226. The zero-order valence-electron chi connectivity index (χ0n) is 14.1. The van der Waals surface area contributed by atoms with Crippen LogP contribution in [0, 0.1) is 5.82 Å². The lowest BCUT2D eigenvalue weighted by molar-refractivity contribution is -0.134. The average Bonchev–Trinajstić information content (AvgIpc) is 3.07. The van der Waals surface area contributed by atoms with Crippen molar-refractivity contribution in [2.45, 2.75) is 18.9 Å². The predicted octanol–water partition coefficient (Wildman–Crippen LogP) is 2.64. The fourth-order valence-electron chi connectivity index (χ4n) is 3.31. The second-order valence-corrected chi connectivity index (χ2v) is 6.42. The van der Waals surface area contributed by atoms with E-state index in [-0.39, 0.29) is 25.0 Å². The molecule has 134 valence electrons. The predicted molar refractivity (Wildman–Crippen MR) is 91.4 cm³/mol. The van der Waals surface area contributed by atoms with Gasteiger partial charge in [-0.05, 0) is 35.4 Å². The summed E-state index contributed by atoms with van der Waals surface area (Å²) in [6, 6.07) is 9.61. The maximum absolute atomic E-state index is 13.4. The SMILES string of the molecule is CN(Cc1ccc2c(c1)OCO2)C(=O)[C@@H]1CC(=O)Nc2cc(F)ccc21. The van der Waals surface area contributed by atoms with E-state index in [1.807, 2.05) is 18.2 Å². The van der Waals surface area contributed by atoms with Crippen molar-refractivity contribution in [3.05, 3.63) is 53.3 Å². The number of halogens is 1. The van der Waals surface area contributed by atoms with Crippen LogP contribution in [0.1, 0.15) is 23.5 Å². The van der Waals surface area contributed by atoms with E-state index in [4.69, 9.17) is 9.47 Å². The van der Waals surface area contributed by atoms with E-state index in [1.165, 1.54) is 12.1 Å². The molecule has 6 nitrogen and oxygen atoms in total. The van der Waals surface area contributed by atoms with Crippen LogP contribution in [0.25, 0.3) is 0 Å². The molecule has 2 aliphatic heterocycles. The van der Waals surface area contributed by atoms with Crippen LogP contribution in [-0.4, -0.2) is 30.6 Å². The summed E-state index contributed by atoms with van der Waals surface area (Å²) < 4.78 is 24.1. The number of benzene rings is 2. The van der Waals surface area contributed by atoms with E-state index >= 15 is 0 Å². The molecular weight excluding hydrogens is 339 g/mol. The Kier molecular flexibility index (Phi) is 3.99. The van der Waals surface area contributed by atoms with E-state index in [2.05, 4.69) is 5.32 Å². The summed E-state index contributed by atoms with van der Waals surface area (Å²) in [6.07, 6.45) is 0.0446. The number of hydrogen-bond acceptors (Lipinski definition) is 4. The van der Waals surface area contributed by atoms with Gasteiger partial charge >= 0.3 is 0 Å². The lowest BCUT2D eigenvalue weighted by Crippen LogP contribution is -2.36. The van der Waals surface area contributed by atoms with Crippen molar-refractivity contribution in [3.8, 4) is 11.5 Å². The summed E-state index contributed by atoms with van der Waals surface area (Å²) in [7, 11) is 1.68. The maximum atomic E-state index is 13.4. The highest BCUT2D eigenvalue weighted by Gasteiger charge is 2.32. The van der Waals surface area contributed by atoms with Crippen molar-refractivity contribution in [2.75, 3.05) is 19.2 Å². The number of fused-ring (bicyclic) bond motifs is 2. The maximum Gasteiger partial charge on any atom is 0.231 e. The molecule has 0 bridgehead atoms. The Bertz CT molecular complexity index is 899. The van der Waals surface area contributed by atoms with E-state index in [0.29, 0.717) is 29.3 Å². The third-order valence-electron chi connectivity index (χ3n) is 4.59. The van der Waals surface area contributed by atoms with Gasteiger partial charge in [0, 0.05) is 25.7 Å². The Morgan fingerprint density at radius 3 is 2.88 bits per heavy atom. The van der Waals surface area contributed by atoms with Gasteiger partial charge in [0.2, 0.25) is 18.6 Å². The minimum atomic E-state index is -0.627. The van der Waals surface area contributed by atoms with Crippen LogP contribution >= 0.6 is 0 Å². The molecule has 0 fully saturated rings. The fraction of sp³-hybridized carbons (Fsp3) is 0.263. The minimum absolute atomic E-state index is 0.0446. The number of carbonyl (C=O) groups is 2. The molecule has 2 heterocycles. The number of ether oxygens (including phenoxy) is 2. The molecule has 7 heteroatoms. The molecule has 0 saturated heterocycles. The van der Waals surface area contributed by atoms with Crippen molar-refractivity contribution in [1.82, 2.24) is 4.90 Å². The van der Waals surface area contributed by atoms with Gasteiger partial charge in [-0.2, -0.15) is 0 Å². The molecule has 2 amide bonds. The first-order valence-corrected chi connectivity index (χ1v) is 8.24. The number of hydrogen-bond donors (Lipinski definition) is 1. The molecule has 0 aromatic heterocycles. The van der Waals surface area contributed by atoms with E-state index in [0.717, 1.165) is 5.56 Å². The second-order valence-electron chi connectivity index (χ2n) is 6.42. The van der Waals surface area contributed by atoms with Crippen LogP contribution in [0.3, 0.4) is 0 Å². The summed E-state index contributed by atoms with van der Waals surface area (Å²) >= 11 is 0. The van der Waals surface area contributed by atoms with Crippen molar-refractivity contribution >= 4 is 17.5 Å². The molecule has 26 heavy (non-hydrogen) atoms. The highest BCUT2D eigenvalue weighted by molar-refractivity contribution is 6.01. The van der Waals surface area contributed by atoms with Crippen LogP contribution in [0.5, 0.6) is 11.5 Å². The van der Waals surface area contributed by atoms with Gasteiger partial charge < -0.3 is 19.7 Å². The summed E-state index contributed by atoms with van der Waals surface area (Å²) in [4.78, 5) is 26.4. The van der Waals surface area contributed by atoms with Gasteiger partial charge in [0.05, 0.1) is 5.92 Å². The van der Waals surface area contributed by atoms with Crippen LogP contribution in [0.15, 0.2) is 36.4 Å². The monoisotopic (exact) mass is 356 g/mol. The first-order chi connectivity index (χ1) is 12.5. The van der Waals surface area contributed by atoms with Crippen LogP contribution in [0.2, 0.25) is 0 Å². The number of carbonyl (C=O) groups excluding carboxylic acids is 2. The molecule has 1 N–H and O–H groups in total. The summed E-state index contributed by atoms with van der Waals surface area (Å²) in [5.41, 5.74) is 1.88. The molecule has 0 saturated carbocycles. The minimum Gasteiger partial charge on any atom is -0.454 e. The first-order valence-electron chi connectivity index (χ1n) is 8.24. The van der Waals surface area contributed by atoms with Gasteiger partial charge in [0.1, 0.15) is 5.82 Å². The molecule has 1 atom stereocenters. The zero-order valence-corrected chi connectivity index (χ0v) is 14.1. The summed E-state index contributed by atoms with van der Waals surface area (Å²) in [6.45, 7) is 0.558. The topological polar surface area (TPSA) is 67.9 Å². The molecule has 0 aliphatic carbocycles. The van der Waals surface area contributed by atoms with Crippen molar-refractivity contribution in [1.29, 1.82) is 0 Å². The molecular formula is C19H17FN2O4. The third kappa shape index (κ3) is 2.96. The Morgan fingerprint density at radius 2 is 2.04 bits per heavy atom. The third-order valence-corrected chi connectivity index (χ3v) is 4.59. The van der Waals surface area contributed by atoms with Gasteiger partial charge in [0.15, 0.2) is 11.5 Å². The largest absolute Gasteiger partial charge is 0.454 e. The lowest BCUT2D eigenvalue weighted by atomic mass is 9.89. The van der Waals surface area contributed by atoms with Gasteiger partial charge in [-0.25, -0.2) is 4.39 Å². The number of amides is 2. The Balaban J connectivity index is 1.55. The van der Waals surface area contributed by atoms with Crippen LogP contribution < -0.4 is 14.8 Å². The number of likely N-dealkylation sites (N-methyl/N-ethyl adjacent to an activating group) is 1. The molecule has 0 spiro atoms. The molecule has 0 unspecified atom stereocenters. The quantitative estimate of drug-likeness (QED) is 0.918. The van der Waals surface area contributed by atoms with Crippen molar-refractivity contribution in [3.63, 3.8) is 0 Å². The average molecular weight is 356 g/mol. The Labute approximate surface area is 149 Å². The lowest BCUT2D eigenvalue weighted by Gasteiger charge is -2.28. The standard InChI is InChI=1S/C19H17FN2O4/c1-22(9-11-2-5-16-17(6-11)26-10-25-16)19(24)14-8-18(23)21-15-7-12(20)3-4-13(14)15/h2-7,14H,8-10H2,1H3,(H,21,23)/t14-/m1/s1. The molecule has 2 aliphatic rings. The highest BCUT2D eigenvalue weighted by atomic mass is 19.1. The molecule has 0 radical (unpaired) electrons. The Hall–Kier alpha value is -3.09. The van der Waals surface area contributed by atoms with Crippen molar-refractivity contribution < 1.29 is 23.5 Å². The van der Waals surface area contributed by atoms with E-state index < -0.39 is 11.7 Å². The number of anilines is 1. The smallest absolute Gasteiger partial charge is 0.231 e. The molecule has 2 aromatic rings. The van der Waals surface area contributed by atoms with Gasteiger partial charge in [-0.15, -0.1) is 0 Å². The number of nitrogens with zero attached hydrogens (tertiary/aromatic N) is 1. The van der Waals surface area contributed by atoms with Crippen LogP contribution in [-0.2, 0) is 16.1 Å². The normalized spacial score (nSPS) is 17.5. The molecule has 2 aromatic carbocycles. The van der Waals surface area contributed by atoms with E-state index in [9.17, 15) is 14.0 Å². The second kappa shape index (κ2) is 6.33. The number of nitrogens with one attached hydrogen (secondary N) is 1.